The van der Waals surface area contributed by atoms with Crippen LogP contribution in [0.15, 0.2) is 59.9 Å². The molecule has 34 heavy (non-hydrogen) atoms. The normalized spacial score (nSPS) is 15.3. The largest absolute Gasteiger partial charge is 0.376 e. The van der Waals surface area contributed by atoms with Crippen molar-refractivity contribution < 1.29 is 14.3 Å². The molecule has 2 amide bonds. The van der Waals surface area contributed by atoms with E-state index in [4.69, 9.17) is 4.74 Å². The topological polar surface area (TPSA) is 85.3 Å². The molecule has 1 atom stereocenters. The third-order valence-corrected chi connectivity index (χ3v) is 6.95. The summed E-state index contributed by atoms with van der Waals surface area (Å²) in [5.74, 6) is -0.291. The van der Waals surface area contributed by atoms with Crippen LogP contribution in [0.3, 0.4) is 0 Å². The number of ether oxygens (including phenoxy) is 1. The van der Waals surface area contributed by atoms with Gasteiger partial charge >= 0.3 is 0 Å². The average Bonchev–Trinajstić information content (AvgIpc) is 3.50. The van der Waals surface area contributed by atoms with Crippen LogP contribution in [0.5, 0.6) is 0 Å². The highest BCUT2D eigenvalue weighted by atomic mass is 32.2. The van der Waals surface area contributed by atoms with E-state index in [1.165, 1.54) is 11.8 Å². The quantitative estimate of drug-likeness (QED) is 0.451. The van der Waals surface area contributed by atoms with E-state index < -0.39 is 0 Å². The van der Waals surface area contributed by atoms with Gasteiger partial charge in [0.05, 0.1) is 36.8 Å². The summed E-state index contributed by atoms with van der Waals surface area (Å²) < 4.78 is 7.98. The van der Waals surface area contributed by atoms with Crippen molar-refractivity contribution in [2.24, 2.45) is 0 Å². The number of aromatic nitrogens is 2. The van der Waals surface area contributed by atoms with Crippen LogP contribution in [-0.2, 0) is 20.9 Å². The minimum atomic E-state index is -0.252. The van der Waals surface area contributed by atoms with Gasteiger partial charge in [-0.15, -0.1) is 0 Å². The Bertz CT molecular complexity index is 1140. The summed E-state index contributed by atoms with van der Waals surface area (Å²) in [4.78, 5) is 29.3. The van der Waals surface area contributed by atoms with E-state index in [9.17, 15) is 9.59 Å². The van der Waals surface area contributed by atoms with E-state index in [1.807, 2.05) is 56.4 Å². The molecular formula is C26H30N4O3S. The van der Waals surface area contributed by atoms with Gasteiger partial charge in [0, 0.05) is 12.3 Å². The lowest BCUT2D eigenvalue weighted by Gasteiger charge is -2.16. The van der Waals surface area contributed by atoms with Crippen LogP contribution in [-0.4, -0.2) is 46.4 Å². The summed E-state index contributed by atoms with van der Waals surface area (Å²) in [7, 11) is 0. The van der Waals surface area contributed by atoms with Gasteiger partial charge in [0.25, 0.3) is 0 Å². The number of anilines is 1. The van der Waals surface area contributed by atoms with Crippen molar-refractivity contribution in [3.8, 4) is 11.3 Å². The van der Waals surface area contributed by atoms with Crippen molar-refractivity contribution in [2.75, 3.05) is 24.2 Å². The van der Waals surface area contributed by atoms with Crippen molar-refractivity contribution in [3.63, 3.8) is 0 Å². The molecule has 0 saturated carbocycles. The summed E-state index contributed by atoms with van der Waals surface area (Å²) >= 11 is 1.37. The molecule has 1 saturated heterocycles. The highest BCUT2D eigenvalue weighted by molar-refractivity contribution is 7.99. The van der Waals surface area contributed by atoms with Crippen molar-refractivity contribution in [1.29, 1.82) is 0 Å². The van der Waals surface area contributed by atoms with Gasteiger partial charge in [-0.3, -0.25) is 9.59 Å². The summed E-state index contributed by atoms with van der Waals surface area (Å²) in [6.07, 6.45) is 4.09. The zero-order valence-corrected chi connectivity index (χ0v) is 20.4. The Morgan fingerprint density at radius 3 is 2.71 bits per heavy atom. The summed E-state index contributed by atoms with van der Waals surface area (Å²) in [5.41, 5.74) is 4.97. The van der Waals surface area contributed by atoms with Gasteiger partial charge in [-0.2, -0.15) is 0 Å². The smallest absolute Gasteiger partial charge is 0.243 e. The molecule has 0 radical (unpaired) electrons. The molecule has 2 N–H and O–H groups in total. The van der Waals surface area contributed by atoms with Crippen LogP contribution < -0.4 is 10.6 Å². The highest BCUT2D eigenvalue weighted by Crippen LogP contribution is 2.28. The molecule has 7 nitrogen and oxygen atoms in total. The van der Waals surface area contributed by atoms with Gasteiger partial charge in [0.15, 0.2) is 5.16 Å². The molecule has 0 aliphatic carbocycles. The first-order valence-corrected chi connectivity index (χ1v) is 12.5. The van der Waals surface area contributed by atoms with Crippen LogP contribution >= 0.6 is 11.8 Å². The first-order chi connectivity index (χ1) is 16.5. The number of benzene rings is 2. The van der Waals surface area contributed by atoms with E-state index in [-0.39, 0.29) is 30.2 Å². The van der Waals surface area contributed by atoms with Crippen LogP contribution in [0.25, 0.3) is 11.3 Å². The Balaban J connectivity index is 1.35. The number of nitrogens with one attached hydrogen (secondary N) is 2. The Labute approximate surface area is 204 Å². The second-order valence-corrected chi connectivity index (χ2v) is 9.34. The summed E-state index contributed by atoms with van der Waals surface area (Å²) in [6.45, 7) is 5.37. The number of carbonyl (C=O) groups excluding carboxylic acids is 2. The molecule has 2 aromatic carbocycles. The fourth-order valence-corrected chi connectivity index (χ4v) is 4.74. The number of rotatable bonds is 9. The standard InChI is InChI=1S/C26H30N4O3S/c1-18-8-6-12-22(19(18)2)29-24(31)15-27-25(32)17-34-26-28-14-23(20-9-4-3-5-10-20)30(26)16-21-11-7-13-33-21/h3-6,8-10,12,14,21H,7,11,13,15-17H2,1-2H3,(H,27,32)(H,29,31). The number of hydrogen-bond donors (Lipinski definition) is 2. The van der Waals surface area contributed by atoms with Crippen molar-refractivity contribution in [3.05, 3.63) is 65.9 Å². The summed E-state index contributed by atoms with van der Waals surface area (Å²) in [5, 5.41) is 6.33. The van der Waals surface area contributed by atoms with E-state index in [1.54, 1.807) is 0 Å². The maximum absolute atomic E-state index is 12.5. The number of hydrogen-bond acceptors (Lipinski definition) is 5. The molecule has 0 spiro atoms. The third kappa shape index (κ3) is 6.07. The van der Waals surface area contributed by atoms with Crippen molar-refractivity contribution in [1.82, 2.24) is 14.9 Å². The molecule has 8 heteroatoms. The molecular weight excluding hydrogens is 448 g/mol. The Morgan fingerprint density at radius 2 is 1.94 bits per heavy atom. The summed E-state index contributed by atoms with van der Waals surface area (Å²) in [6, 6.07) is 15.9. The van der Waals surface area contributed by atoms with E-state index in [0.717, 1.165) is 52.7 Å². The van der Waals surface area contributed by atoms with E-state index in [2.05, 4.69) is 32.3 Å². The second-order valence-electron chi connectivity index (χ2n) is 8.40. The van der Waals surface area contributed by atoms with Crippen LogP contribution in [0, 0.1) is 13.8 Å². The lowest BCUT2D eigenvalue weighted by Crippen LogP contribution is -2.34. The van der Waals surface area contributed by atoms with Crippen LogP contribution in [0.4, 0.5) is 5.69 Å². The van der Waals surface area contributed by atoms with Gasteiger partial charge in [-0.25, -0.2) is 4.98 Å². The molecule has 1 fully saturated rings. The molecule has 2 heterocycles. The van der Waals surface area contributed by atoms with Crippen LogP contribution in [0.1, 0.15) is 24.0 Å². The molecule has 0 bridgehead atoms. The molecule has 4 rings (SSSR count). The highest BCUT2D eigenvalue weighted by Gasteiger charge is 2.21. The fourth-order valence-electron chi connectivity index (χ4n) is 3.92. The molecule has 1 aliphatic rings. The number of imidazole rings is 1. The number of carbonyl (C=O) groups is 2. The predicted molar refractivity (Wildman–Crippen MR) is 135 cm³/mol. The van der Waals surface area contributed by atoms with E-state index in [0.29, 0.717) is 6.54 Å². The predicted octanol–water partition coefficient (Wildman–Crippen LogP) is 4.19. The lowest BCUT2D eigenvalue weighted by molar-refractivity contribution is -0.122. The van der Waals surface area contributed by atoms with Gasteiger partial charge in [0.2, 0.25) is 11.8 Å². The lowest BCUT2D eigenvalue weighted by atomic mass is 10.1. The monoisotopic (exact) mass is 478 g/mol. The first-order valence-electron chi connectivity index (χ1n) is 11.5. The Morgan fingerprint density at radius 1 is 1.12 bits per heavy atom. The second kappa shape index (κ2) is 11.4. The number of thioether (sulfide) groups is 1. The third-order valence-electron chi connectivity index (χ3n) is 5.96. The molecule has 1 unspecified atom stereocenters. The van der Waals surface area contributed by atoms with Gasteiger partial charge in [0.1, 0.15) is 0 Å². The maximum Gasteiger partial charge on any atom is 0.243 e. The van der Waals surface area contributed by atoms with Crippen molar-refractivity contribution in [2.45, 2.75) is 44.5 Å². The molecule has 178 valence electrons. The Hall–Kier alpha value is -3.10. The minimum absolute atomic E-state index is 0.0770. The molecule has 1 aliphatic heterocycles. The van der Waals surface area contributed by atoms with E-state index >= 15 is 0 Å². The SMILES string of the molecule is Cc1cccc(NC(=O)CNC(=O)CSc2ncc(-c3ccccc3)n2CC2CCCO2)c1C. The maximum atomic E-state index is 12.5. The van der Waals surface area contributed by atoms with Gasteiger partial charge < -0.3 is 19.9 Å². The van der Waals surface area contributed by atoms with Crippen LogP contribution in [0.2, 0.25) is 0 Å². The first kappa shape index (κ1) is 24.0. The van der Waals surface area contributed by atoms with Crippen molar-refractivity contribution >= 4 is 29.3 Å². The van der Waals surface area contributed by atoms with Gasteiger partial charge in [-0.05, 0) is 49.4 Å². The average molecular weight is 479 g/mol. The fraction of sp³-hybridized carbons (Fsp3) is 0.346. The minimum Gasteiger partial charge on any atom is -0.376 e. The zero-order valence-electron chi connectivity index (χ0n) is 19.5. The number of nitrogens with zero attached hydrogens (tertiary/aromatic N) is 2. The Kier molecular flexibility index (Phi) is 8.03. The molecule has 3 aromatic rings. The zero-order chi connectivity index (χ0) is 23.9. The number of amides is 2. The number of aryl methyl sites for hydroxylation is 1. The van der Waals surface area contributed by atoms with Gasteiger partial charge in [-0.1, -0.05) is 54.2 Å². The molecule has 1 aromatic heterocycles.